The molecule has 1 aliphatic carbocycles. The Morgan fingerprint density at radius 1 is 1.25 bits per heavy atom. The van der Waals surface area contributed by atoms with Gasteiger partial charge in [0.2, 0.25) is 5.89 Å². The molecule has 1 aromatic heterocycles. The zero-order valence-electron chi connectivity index (χ0n) is 16.9. The van der Waals surface area contributed by atoms with Gasteiger partial charge in [0.15, 0.2) is 0 Å². The highest BCUT2D eigenvalue weighted by Gasteiger charge is 2.33. The van der Waals surface area contributed by atoms with Gasteiger partial charge in [0.05, 0.1) is 7.11 Å². The molecule has 0 aliphatic heterocycles. The molecule has 1 heterocycles. The molecule has 0 unspecified atom stereocenters. The molecule has 0 saturated heterocycles. The minimum Gasteiger partial charge on any atom is -0.497 e. The third kappa shape index (κ3) is 5.28. The summed E-state index contributed by atoms with van der Waals surface area (Å²) in [5, 5.41) is 8.43. The molecule has 0 amide bonds. The average Bonchev–Trinajstić information content (AvgIpc) is 3.15. The number of aromatic nitrogens is 2. The summed E-state index contributed by atoms with van der Waals surface area (Å²) in [5.74, 6) is 2.68. The Bertz CT molecular complexity index is 775. The number of esters is 1. The van der Waals surface area contributed by atoms with Gasteiger partial charge in [0.25, 0.3) is 5.22 Å². The normalized spacial score (nSPS) is 22.2. The fraction of sp³-hybridized carbons (Fsp3) is 0.571. The molecule has 1 saturated carbocycles. The zero-order chi connectivity index (χ0) is 20.1. The number of benzene rings is 1. The van der Waals surface area contributed by atoms with Crippen molar-refractivity contribution < 1.29 is 18.7 Å². The zero-order valence-corrected chi connectivity index (χ0v) is 17.7. The van der Waals surface area contributed by atoms with Gasteiger partial charge in [-0.15, -0.1) is 10.2 Å². The number of nitrogens with zero attached hydrogens (tertiary/aromatic N) is 2. The van der Waals surface area contributed by atoms with Gasteiger partial charge in [-0.25, -0.2) is 0 Å². The SMILES string of the molecule is COc1ccc(-c2nnc(SCC(=O)O[C@@H]3C[C@H](C)CC[C@@H]3C(C)C)o2)cc1. The molecule has 3 atom stereocenters. The summed E-state index contributed by atoms with van der Waals surface area (Å²) in [4.78, 5) is 12.4. The predicted octanol–water partition coefficient (Wildman–Crippen LogP) is 4.84. The van der Waals surface area contributed by atoms with Gasteiger partial charge in [0, 0.05) is 5.56 Å². The van der Waals surface area contributed by atoms with Crippen LogP contribution in [0.1, 0.15) is 40.0 Å². The van der Waals surface area contributed by atoms with E-state index < -0.39 is 0 Å². The molecule has 152 valence electrons. The van der Waals surface area contributed by atoms with Crippen LogP contribution in [0.4, 0.5) is 0 Å². The van der Waals surface area contributed by atoms with E-state index in [-0.39, 0.29) is 17.8 Å². The molecule has 1 fully saturated rings. The lowest BCUT2D eigenvalue weighted by atomic mass is 9.75. The molecule has 28 heavy (non-hydrogen) atoms. The van der Waals surface area contributed by atoms with E-state index in [2.05, 4.69) is 31.0 Å². The Labute approximate surface area is 170 Å². The van der Waals surface area contributed by atoms with Crippen molar-refractivity contribution in [3.05, 3.63) is 24.3 Å². The van der Waals surface area contributed by atoms with Crippen LogP contribution in [0.2, 0.25) is 0 Å². The third-order valence-electron chi connectivity index (χ3n) is 5.30. The fourth-order valence-electron chi connectivity index (χ4n) is 3.69. The van der Waals surface area contributed by atoms with Crippen LogP contribution >= 0.6 is 11.8 Å². The topological polar surface area (TPSA) is 74.5 Å². The number of carbonyl (C=O) groups is 1. The predicted molar refractivity (Wildman–Crippen MR) is 108 cm³/mol. The molecule has 7 heteroatoms. The number of hydrogen-bond donors (Lipinski definition) is 0. The molecule has 0 radical (unpaired) electrons. The van der Waals surface area contributed by atoms with E-state index in [0.717, 1.165) is 24.2 Å². The molecular formula is C21H28N2O4S. The van der Waals surface area contributed by atoms with Gasteiger partial charge in [-0.05, 0) is 54.9 Å². The van der Waals surface area contributed by atoms with Gasteiger partial charge in [-0.1, -0.05) is 39.0 Å². The van der Waals surface area contributed by atoms with Crippen LogP contribution in [-0.4, -0.2) is 35.1 Å². The van der Waals surface area contributed by atoms with Crippen molar-refractivity contribution in [1.29, 1.82) is 0 Å². The summed E-state index contributed by atoms with van der Waals surface area (Å²) in [5.41, 5.74) is 0.804. The van der Waals surface area contributed by atoms with E-state index in [1.807, 2.05) is 24.3 Å². The van der Waals surface area contributed by atoms with E-state index in [9.17, 15) is 4.79 Å². The first-order valence-electron chi connectivity index (χ1n) is 9.76. The van der Waals surface area contributed by atoms with Crippen LogP contribution in [0.3, 0.4) is 0 Å². The monoisotopic (exact) mass is 404 g/mol. The molecule has 0 N–H and O–H groups in total. The Morgan fingerprint density at radius 2 is 2.00 bits per heavy atom. The second-order valence-corrected chi connectivity index (χ2v) is 8.67. The quantitative estimate of drug-likeness (QED) is 0.483. The molecule has 0 spiro atoms. The van der Waals surface area contributed by atoms with Crippen molar-refractivity contribution in [2.75, 3.05) is 12.9 Å². The van der Waals surface area contributed by atoms with E-state index >= 15 is 0 Å². The van der Waals surface area contributed by atoms with Crippen molar-refractivity contribution in [1.82, 2.24) is 10.2 Å². The summed E-state index contributed by atoms with van der Waals surface area (Å²) in [6, 6.07) is 7.37. The van der Waals surface area contributed by atoms with E-state index in [1.165, 1.54) is 18.2 Å². The van der Waals surface area contributed by atoms with Gasteiger partial charge >= 0.3 is 5.97 Å². The highest BCUT2D eigenvalue weighted by atomic mass is 32.2. The Kier molecular flexibility index (Phi) is 6.99. The molecule has 1 aromatic carbocycles. The van der Waals surface area contributed by atoms with Crippen LogP contribution in [0.5, 0.6) is 5.75 Å². The summed E-state index contributed by atoms with van der Waals surface area (Å²) in [6.07, 6.45) is 3.29. The smallest absolute Gasteiger partial charge is 0.316 e. The van der Waals surface area contributed by atoms with Crippen molar-refractivity contribution >= 4 is 17.7 Å². The minimum absolute atomic E-state index is 0.00870. The highest BCUT2D eigenvalue weighted by Crippen LogP contribution is 2.35. The van der Waals surface area contributed by atoms with Crippen molar-refractivity contribution in [3.8, 4) is 17.2 Å². The summed E-state index contributed by atoms with van der Waals surface area (Å²) in [6.45, 7) is 6.63. The molecule has 1 aliphatic rings. The standard InChI is InChI=1S/C21H28N2O4S/c1-13(2)17-10-5-14(3)11-18(17)26-19(24)12-28-21-23-22-20(27-21)15-6-8-16(25-4)9-7-15/h6-9,13-14,17-18H,5,10-12H2,1-4H3/t14-,17-,18-/m1/s1. The Morgan fingerprint density at radius 3 is 2.68 bits per heavy atom. The molecule has 2 aromatic rings. The minimum atomic E-state index is -0.223. The summed E-state index contributed by atoms with van der Waals surface area (Å²) in [7, 11) is 1.62. The summed E-state index contributed by atoms with van der Waals surface area (Å²) < 4.78 is 16.6. The molecule has 6 nitrogen and oxygen atoms in total. The number of hydrogen-bond acceptors (Lipinski definition) is 7. The van der Waals surface area contributed by atoms with Gasteiger partial charge < -0.3 is 13.9 Å². The number of ether oxygens (including phenoxy) is 2. The number of rotatable bonds is 7. The number of methoxy groups -OCH3 is 1. The van der Waals surface area contributed by atoms with Gasteiger partial charge in [-0.3, -0.25) is 4.79 Å². The van der Waals surface area contributed by atoms with Gasteiger partial charge in [-0.2, -0.15) is 0 Å². The molecular weight excluding hydrogens is 376 g/mol. The van der Waals surface area contributed by atoms with Crippen LogP contribution in [0.25, 0.3) is 11.5 Å². The Balaban J connectivity index is 1.53. The Hall–Kier alpha value is -2.02. The van der Waals surface area contributed by atoms with Crippen molar-refractivity contribution in [3.63, 3.8) is 0 Å². The van der Waals surface area contributed by atoms with Crippen LogP contribution in [-0.2, 0) is 9.53 Å². The maximum Gasteiger partial charge on any atom is 0.316 e. The lowest BCUT2D eigenvalue weighted by Crippen LogP contribution is -2.36. The second-order valence-electron chi connectivity index (χ2n) is 7.74. The van der Waals surface area contributed by atoms with Crippen LogP contribution in [0, 0.1) is 17.8 Å². The third-order valence-corrected chi connectivity index (χ3v) is 6.09. The maximum atomic E-state index is 12.4. The first-order valence-corrected chi connectivity index (χ1v) is 10.7. The van der Waals surface area contributed by atoms with E-state index in [1.54, 1.807) is 7.11 Å². The average molecular weight is 405 g/mol. The maximum absolute atomic E-state index is 12.4. The van der Waals surface area contributed by atoms with E-state index in [4.69, 9.17) is 13.9 Å². The first kappa shape index (κ1) is 20.7. The largest absolute Gasteiger partial charge is 0.497 e. The van der Waals surface area contributed by atoms with Crippen LogP contribution in [0.15, 0.2) is 33.9 Å². The first-order chi connectivity index (χ1) is 13.5. The second kappa shape index (κ2) is 9.45. The lowest BCUT2D eigenvalue weighted by molar-refractivity contribution is -0.152. The van der Waals surface area contributed by atoms with E-state index in [0.29, 0.717) is 28.9 Å². The molecule has 0 bridgehead atoms. The van der Waals surface area contributed by atoms with Gasteiger partial charge in [0.1, 0.15) is 17.6 Å². The summed E-state index contributed by atoms with van der Waals surface area (Å²) >= 11 is 1.21. The van der Waals surface area contributed by atoms with Crippen molar-refractivity contribution in [2.24, 2.45) is 17.8 Å². The molecule has 3 rings (SSSR count). The highest BCUT2D eigenvalue weighted by molar-refractivity contribution is 7.99. The fourth-order valence-corrected chi connectivity index (χ4v) is 4.24. The van der Waals surface area contributed by atoms with Crippen molar-refractivity contribution in [2.45, 2.75) is 51.4 Å². The number of carbonyl (C=O) groups excluding carboxylic acids is 1. The number of thioether (sulfide) groups is 1. The van der Waals surface area contributed by atoms with Crippen LogP contribution < -0.4 is 4.74 Å². The lowest BCUT2D eigenvalue weighted by Gasteiger charge is -2.36.